The highest BCUT2D eigenvalue weighted by molar-refractivity contribution is 6.26. The molecule has 10 nitrogen and oxygen atoms in total. The minimum atomic E-state index is -2.08. The topological polar surface area (TPSA) is 132 Å². The molecule has 2 heterocycles. The molecule has 5 atom stereocenters. The molecule has 3 rings (SSSR count). The van der Waals surface area contributed by atoms with Gasteiger partial charge in [0.1, 0.15) is 0 Å². The molecule has 0 amide bonds. The minimum absolute atomic E-state index is 0.0207. The summed E-state index contributed by atoms with van der Waals surface area (Å²) in [5, 5.41) is 0. The third-order valence-electron chi connectivity index (χ3n) is 5.36. The lowest BCUT2D eigenvalue weighted by atomic mass is 9.75. The van der Waals surface area contributed by atoms with Crippen LogP contribution < -0.4 is 0 Å². The molecule has 31 heavy (non-hydrogen) atoms. The van der Waals surface area contributed by atoms with Gasteiger partial charge in [0.2, 0.25) is 17.2 Å². The highest BCUT2D eigenvalue weighted by atomic mass is 16.7. The number of rotatable bonds is 3. The van der Waals surface area contributed by atoms with Gasteiger partial charge in [0.25, 0.3) is 5.79 Å². The van der Waals surface area contributed by atoms with E-state index in [4.69, 9.17) is 23.7 Å². The molecule has 2 aliphatic heterocycles. The number of ether oxygens (including phenoxy) is 5. The van der Waals surface area contributed by atoms with E-state index in [1.54, 1.807) is 6.92 Å². The van der Waals surface area contributed by atoms with Crippen molar-refractivity contribution in [3.05, 3.63) is 23.5 Å². The van der Waals surface area contributed by atoms with E-state index in [1.165, 1.54) is 13.8 Å². The molecule has 10 heteroatoms. The van der Waals surface area contributed by atoms with Crippen molar-refractivity contribution >= 4 is 29.5 Å². The summed E-state index contributed by atoms with van der Waals surface area (Å²) in [4.78, 5) is 61.0. The van der Waals surface area contributed by atoms with Crippen molar-refractivity contribution in [1.29, 1.82) is 0 Å². The van der Waals surface area contributed by atoms with Gasteiger partial charge < -0.3 is 23.7 Å². The predicted molar refractivity (Wildman–Crippen MR) is 101 cm³/mol. The molecule has 1 saturated heterocycles. The van der Waals surface area contributed by atoms with Crippen LogP contribution in [0.4, 0.5) is 0 Å². The Labute approximate surface area is 178 Å². The number of carbonyl (C=O) groups is 5. The fourth-order valence-electron chi connectivity index (χ4n) is 4.03. The van der Waals surface area contributed by atoms with Crippen molar-refractivity contribution in [2.75, 3.05) is 0 Å². The molecular weight excluding hydrogens is 412 g/mol. The van der Waals surface area contributed by atoms with Crippen LogP contribution in [0.15, 0.2) is 23.5 Å². The number of ketones is 2. The van der Waals surface area contributed by atoms with Gasteiger partial charge in [-0.25, -0.2) is 0 Å². The van der Waals surface area contributed by atoms with Gasteiger partial charge in [-0.2, -0.15) is 0 Å². The Balaban J connectivity index is 2.15. The van der Waals surface area contributed by atoms with Crippen molar-refractivity contribution in [2.24, 2.45) is 0 Å². The first-order valence-corrected chi connectivity index (χ1v) is 9.81. The lowest BCUT2D eigenvalue weighted by Crippen LogP contribution is -2.65. The van der Waals surface area contributed by atoms with Gasteiger partial charge in [0.15, 0.2) is 12.2 Å². The van der Waals surface area contributed by atoms with Crippen molar-refractivity contribution in [3.8, 4) is 0 Å². The fourth-order valence-corrected chi connectivity index (χ4v) is 4.03. The molecule has 0 aromatic carbocycles. The monoisotopic (exact) mass is 436 g/mol. The Morgan fingerprint density at radius 2 is 1.68 bits per heavy atom. The van der Waals surface area contributed by atoms with Gasteiger partial charge in [-0.05, 0) is 32.8 Å². The maximum atomic E-state index is 13.1. The average molecular weight is 436 g/mol. The fraction of sp³-hybridized carbons (Fsp3) is 0.571. The summed E-state index contributed by atoms with van der Waals surface area (Å²) in [5.74, 6) is -5.57. The zero-order valence-corrected chi connectivity index (χ0v) is 17.9. The average Bonchev–Trinajstić information content (AvgIpc) is 2.64. The second-order valence-electron chi connectivity index (χ2n) is 7.88. The largest absolute Gasteiger partial charge is 0.461 e. The Morgan fingerprint density at radius 1 is 1.03 bits per heavy atom. The van der Waals surface area contributed by atoms with E-state index in [-0.39, 0.29) is 17.3 Å². The van der Waals surface area contributed by atoms with Crippen LogP contribution in [0.3, 0.4) is 0 Å². The Kier molecular flexibility index (Phi) is 5.79. The van der Waals surface area contributed by atoms with E-state index >= 15 is 0 Å². The first kappa shape index (κ1) is 22.7. The third kappa shape index (κ3) is 3.87. The van der Waals surface area contributed by atoms with Gasteiger partial charge in [-0.15, -0.1) is 0 Å². The maximum absolute atomic E-state index is 13.1. The zero-order chi connectivity index (χ0) is 23.1. The molecular formula is C21H24O10. The quantitative estimate of drug-likeness (QED) is 0.359. The molecule has 168 valence electrons. The molecule has 0 bridgehead atoms. The third-order valence-corrected chi connectivity index (χ3v) is 5.36. The van der Waals surface area contributed by atoms with Crippen LogP contribution in [0.5, 0.6) is 0 Å². The zero-order valence-electron chi connectivity index (χ0n) is 17.9. The van der Waals surface area contributed by atoms with Gasteiger partial charge in [-0.1, -0.05) is 0 Å². The maximum Gasteiger partial charge on any atom is 0.304 e. The van der Waals surface area contributed by atoms with E-state index in [0.29, 0.717) is 12.8 Å². The first-order valence-electron chi connectivity index (χ1n) is 9.81. The van der Waals surface area contributed by atoms with E-state index in [2.05, 4.69) is 0 Å². The Morgan fingerprint density at radius 3 is 2.26 bits per heavy atom. The van der Waals surface area contributed by atoms with Crippen molar-refractivity contribution in [1.82, 2.24) is 0 Å². The summed E-state index contributed by atoms with van der Waals surface area (Å²) in [6.07, 6.45) is 0.290. The molecule has 0 saturated carbocycles. The standard InChI is InChI=1S/C21H24O10/c1-10-6-7-17(28-11(2)22)21(30-10)19(29-12(3)23)14-8-16(25)20(5,31-13(4)24)18(26)15(14)9-27-21/h8-10,17,19H,6-7H2,1-5H3. The lowest BCUT2D eigenvalue weighted by molar-refractivity contribution is -0.333. The second-order valence-corrected chi connectivity index (χ2v) is 7.88. The van der Waals surface area contributed by atoms with Gasteiger partial charge in [-0.3, -0.25) is 24.0 Å². The number of Topliss-reactive ketones (excluding diaryl/α,β-unsaturated/α-hetero) is 1. The summed E-state index contributed by atoms with van der Waals surface area (Å²) < 4.78 is 27.7. The summed E-state index contributed by atoms with van der Waals surface area (Å²) in [6, 6.07) is 0. The molecule has 1 aliphatic carbocycles. The summed E-state index contributed by atoms with van der Waals surface area (Å²) in [5.41, 5.74) is -2.16. The van der Waals surface area contributed by atoms with Crippen molar-refractivity contribution in [3.63, 3.8) is 0 Å². The molecule has 0 radical (unpaired) electrons. The van der Waals surface area contributed by atoms with Gasteiger partial charge >= 0.3 is 17.9 Å². The normalized spacial score (nSPS) is 34.7. The highest BCUT2D eigenvalue weighted by Crippen LogP contribution is 2.46. The number of esters is 3. The van der Waals surface area contributed by atoms with Crippen LogP contribution >= 0.6 is 0 Å². The van der Waals surface area contributed by atoms with Crippen molar-refractivity contribution < 1.29 is 47.7 Å². The van der Waals surface area contributed by atoms with Crippen LogP contribution in [0.2, 0.25) is 0 Å². The highest BCUT2D eigenvalue weighted by Gasteiger charge is 2.62. The molecule has 5 unspecified atom stereocenters. The molecule has 1 spiro atoms. The van der Waals surface area contributed by atoms with Crippen LogP contribution in [0.1, 0.15) is 47.5 Å². The first-order chi connectivity index (χ1) is 14.4. The number of fused-ring (bicyclic) bond motifs is 1. The van der Waals surface area contributed by atoms with Crippen LogP contribution in [0, 0.1) is 0 Å². The molecule has 3 aliphatic rings. The summed E-state index contributed by atoms with van der Waals surface area (Å²) >= 11 is 0. The number of hydrogen-bond acceptors (Lipinski definition) is 10. The van der Waals surface area contributed by atoms with Gasteiger partial charge in [0.05, 0.1) is 17.9 Å². The van der Waals surface area contributed by atoms with E-state index in [0.717, 1.165) is 26.2 Å². The number of carbonyl (C=O) groups excluding carboxylic acids is 5. The SMILES string of the molecule is CC(=O)OC1CCC(C)OC12OC=C1C(=O)C(C)(OC(C)=O)C(=O)C=C1C2OC(C)=O. The second kappa shape index (κ2) is 7.92. The Hall–Kier alpha value is -3.01. The summed E-state index contributed by atoms with van der Waals surface area (Å²) in [7, 11) is 0. The number of hydrogen-bond donors (Lipinski definition) is 0. The molecule has 1 fully saturated rings. The molecule has 0 N–H and O–H groups in total. The van der Waals surface area contributed by atoms with Crippen molar-refractivity contribution in [2.45, 2.75) is 77.2 Å². The van der Waals surface area contributed by atoms with E-state index in [1.807, 2.05) is 0 Å². The molecule has 0 aromatic rings. The lowest BCUT2D eigenvalue weighted by Gasteiger charge is -2.50. The van der Waals surface area contributed by atoms with Gasteiger partial charge in [0, 0.05) is 26.3 Å². The molecule has 0 aromatic heterocycles. The van der Waals surface area contributed by atoms with Crippen LogP contribution in [0.25, 0.3) is 0 Å². The minimum Gasteiger partial charge on any atom is -0.461 e. The summed E-state index contributed by atoms with van der Waals surface area (Å²) in [6.45, 7) is 6.39. The van der Waals surface area contributed by atoms with Crippen LogP contribution in [-0.2, 0) is 47.7 Å². The van der Waals surface area contributed by atoms with E-state index < -0.39 is 53.1 Å². The van der Waals surface area contributed by atoms with E-state index in [9.17, 15) is 24.0 Å². The van der Waals surface area contributed by atoms with Crippen LogP contribution in [-0.4, -0.2) is 59.2 Å². The Bertz CT molecular complexity index is 915. The predicted octanol–water partition coefficient (Wildman–Crippen LogP) is 1.06. The smallest absolute Gasteiger partial charge is 0.304 e.